The Bertz CT molecular complexity index is 581. The highest BCUT2D eigenvalue weighted by atomic mass is 32.1. The molecule has 2 aromatic rings. The zero-order chi connectivity index (χ0) is 13.5. The van der Waals surface area contributed by atoms with E-state index in [1.165, 1.54) is 22.5 Å². The molecule has 4 heteroatoms. The number of hydrogen-bond donors (Lipinski definition) is 1. The van der Waals surface area contributed by atoms with E-state index in [0.717, 1.165) is 16.0 Å². The van der Waals surface area contributed by atoms with Crippen LogP contribution in [0.1, 0.15) is 38.8 Å². The molecule has 0 saturated heterocycles. The van der Waals surface area contributed by atoms with E-state index in [1.54, 1.807) is 0 Å². The minimum Gasteiger partial charge on any atom is -0.491 e. The summed E-state index contributed by atoms with van der Waals surface area (Å²) in [4.78, 5) is 4.44. The lowest BCUT2D eigenvalue weighted by Crippen LogP contribution is -2.14. The van der Waals surface area contributed by atoms with E-state index in [-0.39, 0.29) is 5.41 Å². The van der Waals surface area contributed by atoms with Crippen LogP contribution in [0.5, 0.6) is 5.75 Å². The Balaban J connectivity index is 2.81. The highest BCUT2D eigenvalue weighted by molar-refractivity contribution is 7.22. The van der Waals surface area contributed by atoms with E-state index in [1.807, 2.05) is 6.92 Å². The average molecular weight is 264 g/mol. The van der Waals surface area contributed by atoms with Gasteiger partial charge in [-0.25, -0.2) is 4.98 Å². The number of aryl methyl sites for hydroxylation is 1. The van der Waals surface area contributed by atoms with E-state index in [4.69, 9.17) is 10.5 Å². The molecule has 98 valence electrons. The molecule has 3 nitrogen and oxygen atoms in total. The number of aromatic nitrogens is 1. The predicted molar refractivity (Wildman–Crippen MR) is 78.6 cm³/mol. The van der Waals surface area contributed by atoms with Crippen LogP contribution in [0.4, 0.5) is 5.13 Å². The second-order valence-electron chi connectivity index (χ2n) is 5.48. The van der Waals surface area contributed by atoms with Crippen LogP contribution in [-0.4, -0.2) is 11.6 Å². The van der Waals surface area contributed by atoms with E-state index < -0.39 is 0 Å². The Morgan fingerprint density at radius 1 is 1.39 bits per heavy atom. The fourth-order valence-corrected chi connectivity index (χ4v) is 2.88. The first-order valence-electron chi connectivity index (χ1n) is 6.17. The summed E-state index contributed by atoms with van der Waals surface area (Å²) in [7, 11) is 0. The number of thiazole rings is 1. The molecule has 2 rings (SSSR count). The first-order chi connectivity index (χ1) is 8.34. The smallest absolute Gasteiger partial charge is 0.181 e. The van der Waals surface area contributed by atoms with Crippen molar-refractivity contribution in [3.63, 3.8) is 0 Å². The van der Waals surface area contributed by atoms with Crippen molar-refractivity contribution in [1.82, 2.24) is 4.98 Å². The molecule has 0 aliphatic rings. The van der Waals surface area contributed by atoms with Gasteiger partial charge in [0.15, 0.2) is 5.13 Å². The van der Waals surface area contributed by atoms with E-state index in [0.29, 0.717) is 11.7 Å². The van der Waals surface area contributed by atoms with Crippen molar-refractivity contribution in [2.75, 3.05) is 12.3 Å². The monoisotopic (exact) mass is 264 g/mol. The molecule has 0 radical (unpaired) electrons. The number of nitrogen functional groups attached to an aromatic ring is 1. The van der Waals surface area contributed by atoms with Gasteiger partial charge < -0.3 is 10.5 Å². The van der Waals surface area contributed by atoms with Gasteiger partial charge in [0, 0.05) is 5.56 Å². The maximum atomic E-state index is 5.84. The molecule has 1 aromatic heterocycles. The highest BCUT2D eigenvalue weighted by Crippen LogP contribution is 2.41. The number of ether oxygens (including phenoxy) is 1. The molecule has 0 amide bonds. The van der Waals surface area contributed by atoms with Gasteiger partial charge in [-0.1, -0.05) is 38.2 Å². The van der Waals surface area contributed by atoms with Gasteiger partial charge in [-0.3, -0.25) is 0 Å². The van der Waals surface area contributed by atoms with Crippen molar-refractivity contribution in [2.45, 2.75) is 40.0 Å². The summed E-state index contributed by atoms with van der Waals surface area (Å²) >= 11 is 1.52. The first-order valence-corrected chi connectivity index (χ1v) is 6.99. The van der Waals surface area contributed by atoms with Crippen molar-refractivity contribution in [1.29, 1.82) is 0 Å². The van der Waals surface area contributed by atoms with Crippen molar-refractivity contribution < 1.29 is 4.74 Å². The quantitative estimate of drug-likeness (QED) is 0.895. The number of rotatable bonds is 2. The molecule has 0 saturated carbocycles. The highest BCUT2D eigenvalue weighted by Gasteiger charge is 2.24. The zero-order valence-corrected chi connectivity index (χ0v) is 12.4. The fraction of sp³-hybridized carbons (Fsp3) is 0.500. The van der Waals surface area contributed by atoms with Crippen LogP contribution >= 0.6 is 11.3 Å². The summed E-state index contributed by atoms with van der Waals surface area (Å²) in [6.45, 7) is 11.3. The molecule has 0 spiro atoms. The summed E-state index contributed by atoms with van der Waals surface area (Å²) < 4.78 is 6.96. The van der Waals surface area contributed by atoms with Gasteiger partial charge in [-0.2, -0.15) is 0 Å². The molecule has 0 bridgehead atoms. The summed E-state index contributed by atoms with van der Waals surface area (Å²) in [5, 5.41) is 0.597. The van der Waals surface area contributed by atoms with Crippen LogP contribution in [0.3, 0.4) is 0 Å². The van der Waals surface area contributed by atoms with Crippen molar-refractivity contribution in [3.05, 3.63) is 17.2 Å². The van der Waals surface area contributed by atoms with Gasteiger partial charge >= 0.3 is 0 Å². The Labute approximate surface area is 112 Å². The lowest BCUT2D eigenvalue weighted by molar-refractivity contribution is 0.333. The SMILES string of the molecule is CCOc1c(C(C)(C)C)cc(C)c2sc(N)nc12. The number of anilines is 1. The van der Waals surface area contributed by atoms with E-state index in [9.17, 15) is 0 Å². The summed E-state index contributed by atoms with van der Waals surface area (Å²) in [6.07, 6.45) is 0. The lowest BCUT2D eigenvalue weighted by Gasteiger charge is -2.23. The standard InChI is InChI=1S/C14H20N2OS/c1-6-17-11-9(14(3,4)5)7-8(2)12-10(11)16-13(15)18-12/h7H,6H2,1-5H3,(H2,15,16). The number of fused-ring (bicyclic) bond motifs is 1. The number of benzene rings is 1. The van der Waals surface area contributed by atoms with Crippen LogP contribution in [0.15, 0.2) is 6.07 Å². The predicted octanol–water partition coefficient (Wildman–Crippen LogP) is 3.88. The second kappa shape index (κ2) is 4.43. The topological polar surface area (TPSA) is 48.1 Å². The molecule has 0 aliphatic heterocycles. The lowest BCUT2D eigenvalue weighted by atomic mass is 9.85. The molecule has 0 fully saturated rings. The summed E-state index contributed by atoms with van der Waals surface area (Å²) in [5.41, 5.74) is 9.18. The third-order valence-electron chi connectivity index (χ3n) is 2.92. The van der Waals surface area contributed by atoms with Crippen LogP contribution in [0, 0.1) is 6.92 Å². The molecule has 2 N–H and O–H groups in total. The minimum atomic E-state index is 0.0296. The Morgan fingerprint density at radius 2 is 2.06 bits per heavy atom. The number of nitrogens with zero attached hydrogens (tertiary/aromatic N) is 1. The Morgan fingerprint density at radius 3 is 2.61 bits per heavy atom. The van der Waals surface area contributed by atoms with Crippen molar-refractivity contribution in [3.8, 4) is 5.75 Å². The fourth-order valence-electron chi connectivity index (χ4n) is 2.08. The molecule has 1 heterocycles. The molecule has 0 aliphatic carbocycles. The van der Waals surface area contributed by atoms with Gasteiger partial charge in [0.1, 0.15) is 11.3 Å². The van der Waals surface area contributed by atoms with Crippen LogP contribution in [0.25, 0.3) is 10.2 Å². The van der Waals surface area contributed by atoms with E-state index in [2.05, 4.69) is 38.7 Å². The van der Waals surface area contributed by atoms with Crippen molar-refractivity contribution >= 4 is 26.7 Å². The van der Waals surface area contributed by atoms with Crippen LogP contribution in [-0.2, 0) is 5.41 Å². The Kier molecular flexibility index (Phi) is 3.23. The summed E-state index contributed by atoms with van der Waals surface area (Å²) in [5.74, 6) is 0.888. The maximum Gasteiger partial charge on any atom is 0.181 e. The zero-order valence-electron chi connectivity index (χ0n) is 11.6. The molecular formula is C14H20N2OS. The molecule has 0 unspecified atom stereocenters. The van der Waals surface area contributed by atoms with Gasteiger partial charge in [0.2, 0.25) is 0 Å². The normalized spacial score (nSPS) is 12.1. The number of nitrogens with two attached hydrogens (primary N) is 1. The third-order valence-corrected chi connectivity index (χ3v) is 3.94. The first kappa shape index (κ1) is 13.1. The molecule has 18 heavy (non-hydrogen) atoms. The largest absolute Gasteiger partial charge is 0.491 e. The molecule has 1 aromatic carbocycles. The third kappa shape index (κ3) is 2.17. The molecule has 0 atom stereocenters. The maximum absolute atomic E-state index is 5.84. The Hall–Kier alpha value is -1.29. The van der Waals surface area contributed by atoms with Gasteiger partial charge in [0.05, 0.1) is 11.3 Å². The van der Waals surface area contributed by atoms with Crippen LogP contribution in [0.2, 0.25) is 0 Å². The second-order valence-corrected chi connectivity index (χ2v) is 6.51. The van der Waals surface area contributed by atoms with Gasteiger partial charge in [-0.05, 0) is 24.8 Å². The van der Waals surface area contributed by atoms with E-state index >= 15 is 0 Å². The van der Waals surface area contributed by atoms with Crippen LogP contribution < -0.4 is 10.5 Å². The average Bonchev–Trinajstić information content (AvgIpc) is 2.63. The summed E-state index contributed by atoms with van der Waals surface area (Å²) in [6, 6.07) is 2.20. The van der Waals surface area contributed by atoms with Gasteiger partial charge in [-0.15, -0.1) is 0 Å². The van der Waals surface area contributed by atoms with Crippen molar-refractivity contribution in [2.24, 2.45) is 0 Å². The number of hydrogen-bond acceptors (Lipinski definition) is 4. The van der Waals surface area contributed by atoms with Gasteiger partial charge in [0.25, 0.3) is 0 Å². The minimum absolute atomic E-state index is 0.0296. The molecular weight excluding hydrogens is 244 g/mol.